The van der Waals surface area contributed by atoms with Gasteiger partial charge in [-0.15, -0.1) is 0 Å². The molecule has 2 aliphatic heterocycles. The molecule has 1 fully saturated rings. The number of aryl methyl sites for hydroxylation is 1. The Morgan fingerprint density at radius 1 is 1.04 bits per heavy atom. The van der Waals surface area contributed by atoms with Crippen molar-refractivity contribution >= 4 is 29.1 Å². The van der Waals surface area contributed by atoms with Crippen LogP contribution in [0.3, 0.4) is 0 Å². The van der Waals surface area contributed by atoms with Crippen molar-refractivity contribution in [3.8, 4) is 0 Å². The van der Waals surface area contributed by atoms with E-state index in [1.165, 1.54) is 5.01 Å². The zero-order valence-corrected chi connectivity index (χ0v) is 15.3. The van der Waals surface area contributed by atoms with Gasteiger partial charge in [-0.3, -0.25) is 19.4 Å². The first-order valence-electron chi connectivity index (χ1n) is 9.08. The van der Waals surface area contributed by atoms with E-state index >= 15 is 0 Å². The van der Waals surface area contributed by atoms with Gasteiger partial charge < -0.3 is 5.32 Å². The van der Waals surface area contributed by atoms with E-state index < -0.39 is 23.9 Å². The van der Waals surface area contributed by atoms with E-state index in [4.69, 9.17) is 0 Å². The highest BCUT2D eigenvalue weighted by Crippen LogP contribution is 2.31. The molecule has 142 valence electrons. The summed E-state index contributed by atoms with van der Waals surface area (Å²) in [7, 11) is 0. The number of nitrogens with zero attached hydrogens (tertiary/aromatic N) is 4. The van der Waals surface area contributed by atoms with Crippen molar-refractivity contribution in [3.05, 3.63) is 60.2 Å². The first-order chi connectivity index (χ1) is 13.6. The number of fused-ring (bicyclic) bond motifs is 1. The smallest absolute Gasteiger partial charge is 0.263 e. The maximum atomic E-state index is 12.9. The Kier molecular flexibility index (Phi) is 4.60. The van der Waals surface area contributed by atoms with Gasteiger partial charge in [0.25, 0.3) is 11.8 Å². The molecule has 2 aliphatic rings. The SMILES string of the molecule is CCc1ccccc1NC(=O)CN1N=N[C@@H]2C(=O)N(c3ccccc3)C(=O)[C@H]21. The second-order valence-corrected chi connectivity index (χ2v) is 6.60. The highest BCUT2D eigenvalue weighted by molar-refractivity contribution is 6.25. The van der Waals surface area contributed by atoms with Gasteiger partial charge >= 0.3 is 0 Å². The Balaban J connectivity index is 1.49. The van der Waals surface area contributed by atoms with Crippen molar-refractivity contribution in [1.82, 2.24) is 5.01 Å². The molecule has 0 radical (unpaired) electrons. The van der Waals surface area contributed by atoms with Crippen LogP contribution in [0.5, 0.6) is 0 Å². The largest absolute Gasteiger partial charge is 0.324 e. The average Bonchev–Trinajstić information content (AvgIpc) is 3.22. The molecule has 2 aromatic carbocycles. The predicted octanol–water partition coefficient (Wildman–Crippen LogP) is 2.18. The van der Waals surface area contributed by atoms with Gasteiger partial charge in [0.1, 0.15) is 6.54 Å². The normalized spacial score (nSPS) is 20.6. The molecule has 0 spiro atoms. The maximum Gasteiger partial charge on any atom is 0.263 e. The Labute approximate surface area is 161 Å². The van der Waals surface area contributed by atoms with Crippen molar-refractivity contribution in [2.75, 3.05) is 16.8 Å². The summed E-state index contributed by atoms with van der Waals surface area (Å²) in [6.45, 7) is 1.84. The molecular weight excluding hydrogens is 358 g/mol. The second kappa shape index (κ2) is 7.22. The van der Waals surface area contributed by atoms with Gasteiger partial charge in [0.15, 0.2) is 12.1 Å². The van der Waals surface area contributed by atoms with Gasteiger partial charge in [0.05, 0.1) is 5.69 Å². The third kappa shape index (κ3) is 3.02. The quantitative estimate of drug-likeness (QED) is 0.808. The van der Waals surface area contributed by atoms with Crippen LogP contribution < -0.4 is 10.2 Å². The number of para-hydroxylation sites is 2. The van der Waals surface area contributed by atoms with Crippen LogP contribution in [0.15, 0.2) is 64.9 Å². The molecule has 4 rings (SSSR count). The average molecular weight is 377 g/mol. The van der Waals surface area contributed by atoms with E-state index in [2.05, 4.69) is 15.7 Å². The van der Waals surface area contributed by atoms with E-state index in [0.29, 0.717) is 5.69 Å². The highest BCUT2D eigenvalue weighted by atomic mass is 16.2. The first kappa shape index (κ1) is 17.8. The molecule has 0 aliphatic carbocycles. The summed E-state index contributed by atoms with van der Waals surface area (Å²) in [5.74, 6) is -1.17. The first-order valence-corrected chi connectivity index (χ1v) is 9.08. The minimum atomic E-state index is -0.913. The molecule has 0 bridgehead atoms. The lowest BCUT2D eigenvalue weighted by atomic mass is 10.1. The molecule has 1 N–H and O–H groups in total. The summed E-state index contributed by atoms with van der Waals surface area (Å²) in [4.78, 5) is 39.1. The summed E-state index contributed by atoms with van der Waals surface area (Å²) in [5, 5.41) is 12.0. The number of nitrogens with one attached hydrogen (secondary N) is 1. The molecule has 1 saturated heterocycles. The van der Waals surface area contributed by atoms with Crippen molar-refractivity contribution in [1.29, 1.82) is 0 Å². The Morgan fingerprint density at radius 2 is 1.75 bits per heavy atom. The minimum Gasteiger partial charge on any atom is -0.324 e. The molecule has 0 unspecified atom stereocenters. The number of benzene rings is 2. The van der Waals surface area contributed by atoms with Gasteiger partial charge in [-0.25, -0.2) is 4.90 Å². The number of hydrogen-bond donors (Lipinski definition) is 1. The standard InChI is InChI=1S/C20H19N5O3/c1-2-13-8-6-7-11-15(13)21-16(26)12-24-18-17(22-23-24)19(27)25(20(18)28)14-9-4-3-5-10-14/h3-11,17-18H,2,12H2,1H3,(H,21,26)/t17-,18-/m0/s1. The number of rotatable bonds is 5. The molecule has 2 aromatic rings. The van der Waals surface area contributed by atoms with E-state index in [0.717, 1.165) is 22.6 Å². The van der Waals surface area contributed by atoms with Crippen LogP contribution in [-0.4, -0.2) is 41.4 Å². The van der Waals surface area contributed by atoms with Crippen LogP contribution in [0.1, 0.15) is 12.5 Å². The van der Waals surface area contributed by atoms with Crippen LogP contribution >= 0.6 is 0 Å². The summed E-state index contributed by atoms with van der Waals surface area (Å²) in [6, 6.07) is 14.4. The highest BCUT2D eigenvalue weighted by Gasteiger charge is 2.55. The van der Waals surface area contributed by atoms with Crippen molar-refractivity contribution < 1.29 is 14.4 Å². The Morgan fingerprint density at radius 3 is 2.50 bits per heavy atom. The van der Waals surface area contributed by atoms with Crippen molar-refractivity contribution in [3.63, 3.8) is 0 Å². The number of hydrogen-bond acceptors (Lipinski definition) is 6. The molecule has 8 heteroatoms. The maximum absolute atomic E-state index is 12.9. The fraction of sp³-hybridized carbons (Fsp3) is 0.250. The second-order valence-electron chi connectivity index (χ2n) is 6.60. The van der Waals surface area contributed by atoms with E-state index in [1.54, 1.807) is 30.3 Å². The Bertz CT molecular complexity index is 959. The number of carbonyl (C=O) groups excluding carboxylic acids is 3. The van der Waals surface area contributed by atoms with Crippen LogP contribution in [0.25, 0.3) is 0 Å². The number of imide groups is 1. The zero-order valence-electron chi connectivity index (χ0n) is 15.3. The monoisotopic (exact) mass is 377 g/mol. The fourth-order valence-electron chi connectivity index (χ4n) is 3.47. The molecule has 28 heavy (non-hydrogen) atoms. The van der Waals surface area contributed by atoms with Crippen molar-refractivity contribution in [2.45, 2.75) is 25.4 Å². The topological polar surface area (TPSA) is 94.4 Å². The lowest BCUT2D eigenvalue weighted by molar-refractivity contribution is -0.123. The minimum absolute atomic E-state index is 0.162. The fourth-order valence-corrected chi connectivity index (χ4v) is 3.47. The van der Waals surface area contributed by atoms with Gasteiger partial charge in [0, 0.05) is 5.69 Å². The molecule has 0 aromatic heterocycles. The van der Waals surface area contributed by atoms with Gasteiger partial charge in [-0.05, 0) is 30.2 Å². The predicted molar refractivity (Wildman–Crippen MR) is 103 cm³/mol. The summed E-state index contributed by atoms with van der Waals surface area (Å²) in [6.07, 6.45) is 0.781. The Hall–Kier alpha value is -3.55. The number of anilines is 2. The lowest BCUT2D eigenvalue weighted by Gasteiger charge is -2.20. The number of carbonyl (C=O) groups is 3. The molecule has 0 saturated carbocycles. The van der Waals surface area contributed by atoms with Crippen LogP contribution in [-0.2, 0) is 20.8 Å². The van der Waals surface area contributed by atoms with E-state index in [-0.39, 0.29) is 12.5 Å². The summed E-state index contributed by atoms with van der Waals surface area (Å²) >= 11 is 0. The van der Waals surface area contributed by atoms with Gasteiger partial charge in [-0.1, -0.05) is 48.5 Å². The number of amides is 3. The van der Waals surface area contributed by atoms with E-state index in [1.807, 2.05) is 31.2 Å². The van der Waals surface area contributed by atoms with E-state index in [9.17, 15) is 14.4 Å². The molecule has 3 amide bonds. The molecule has 8 nitrogen and oxygen atoms in total. The summed E-state index contributed by atoms with van der Waals surface area (Å²) in [5.41, 5.74) is 2.23. The third-order valence-electron chi connectivity index (χ3n) is 4.85. The van der Waals surface area contributed by atoms with Crippen LogP contribution in [0.2, 0.25) is 0 Å². The summed E-state index contributed by atoms with van der Waals surface area (Å²) < 4.78 is 0. The zero-order chi connectivity index (χ0) is 19.7. The van der Waals surface area contributed by atoms with Gasteiger partial charge in [0.2, 0.25) is 5.91 Å². The lowest BCUT2D eigenvalue weighted by Crippen LogP contribution is -2.43. The third-order valence-corrected chi connectivity index (χ3v) is 4.85. The van der Waals surface area contributed by atoms with Gasteiger partial charge in [-0.2, -0.15) is 5.11 Å². The molecule has 2 heterocycles. The molecular formula is C20H19N5O3. The van der Waals surface area contributed by atoms with Crippen molar-refractivity contribution in [2.24, 2.45) is 10.3 Å². The van der Waals surface area contributed by atoms with Crippen LogP contribution in [0, 0.1) is 0 Å². The van der Waals surface area contributed by atoms with Crippen LogP contribution in [0.4, 0.5) is 11.4 Å². The molecule has 2 atom stereocenters.